The molecule has 0 spiro atoms. The van der Waals surface area contributed by atoms with E-state index in [1.54, 1.807) is 0 Å². The van der Waals surface area contributed by atoms with E-state index in [-0.39, 0.29) is 38.6 Å². The Balaban J connectivity index is 4.05. The number of esters is 2. The highest BCUT2D eigenvalue weighted by Crippen LogP contribution is 2.18. The number of carboxylic acids is 1. The Labute approximate surface area is 609 Å². The van der Waals surface area contributed by atoms with Gasteiger partial charge in [0.05, 0.1) is 40.3 Å². The molecule has 2 unspecified atom stereocenters. The molecule has 0 aromatic rings. The third-order valence-corrected chi connectivity index (χ3v) is 17.0. The predicted molar refractivity (Wildman–Crippen MR) is 425 cm³/mol. The van der Waals surface area contributed by atoms with E-state index < -0.39 is 24.3 Å². The van der Waals surface area contributed by atoms with Crippen molar-refractivity contribution in [2.24, 2.45) is 0 Å². The summed E-state index contributed by atoms with van der Waals surface area (Å²) in [4.78, 5) is 37.6. The highest BCUT2D eigenvalue weighted by molar-refractivity contribution is 5.70. The molecule has 0 aliphatic carbocycles. The minimum absolute atomic E-state index is 0.140. The topological polar surface area (TPSA) is 111 Å². The summed E-state index contributed by atoms with van der Waals surface area (Å²) in [5.74, 6) is -2.29. The summed E-state index contributed by atoms with van der Waals surface area (Å²) in [6, 6.07) is 0. The lowest BCUT2D eigenvalue weighted by atomic mass is 10.0. The minimum Gasteiger partial charge on any atom is -0.545 e. The minimum atomic E-state index is -1.63. The third kappa shape index (κ3) is 79.8. The zero-order valence-corrected chi connectivity index (χ0v) is 64.3. The molecule has 0 amide bonds. The van der Waals surface area contributed by atoms with Crippen LogP contribution in [0.4, 0.5) is 0 Å². The highest BCUT2D eigenvalue weighted by Gasteiger charge is 2.22. The van der Waals surface area contributed by atoms with Crippen molar-refractivity contribution in [3.8, 4) is 0 Å². The Morgan fingerprint density at radius 3 is 0.808 bits per heavy atom. The van der Waals surface area contributed by atoms with Crippen LogP contribution in [0.1, 0.15) is 322 Å². The van der Waals surface area contributed by atoms with E-state index in [9.17, 15) is 19.5 Å². The number of quaternary nitrogens is 1. The molecule has 99 heavy (non-hydrogen) atoms. The van der Waals surface area contributed by atoms with Gasteiger partial charge in [0, 0.05) is 12.8 Å². The summed E-state index contributed by atoms with van der Waals surface area (Å²) < 4.78 is 22.8. The first kappa shape index (κ1) is 93.6. The van der Waals surface area contributed by atoms with Crippen LogP contribution in [0.2, 0.25) is 0 Å². The van der Waals surface area contributed by atoms with Gasteiger partial charge in [0.1, 0.15) is 13.2 Å². The number of rotatable bonds is 73. The van der Waals surface area contributed by atoms with Crippen molar-refractivity contribution in [1.82, 2.24) is 0 Å². The van der Waals surface area contributed by atoms with E-state index in [1.807, 2.05) is 21.1 Å². The Kier molecular flexibility index (Phi) is 74.1. The molecule has 0 saturated heterocycles. The molecule has 0 rings (SSSR count). The summed E-state index contributed by atoms with van der Waals surface area (Å²) in [5, 5.41) is 11.9. The molecule has 0 aliphatic heterocycles. The first-order valence-electron chi connectivity index (χ1n) is 40.3. The van der Waals surface area contributed by atoms with E-state index in [0.717, 1.165) is 135 Å². The Morgan fingerprint density at radius 2 is 0.545 bits per heavy atom. The Bertz CT molecular complexity index is 2240. The van der Waals surface area contributed by atoms with Crippen LogP contribution in [-0.4, -0.2) is 82.3 Å². The molecule has 0 heterocycles. The van der Waals surface area contributed by atoms with E-state index in [1.165, 1.54) is 154 Å². The number of hydrogen-bond acceptors (Lipinski definition) is 8. The summed E-state index contributed by atoms with van der Waals surface area (Å²) >= 11 is 0. The molecule has 0 aliphatic rings. The number of carbonyl (C=O) groups is 3. The van der Waals surface area contributed by atoms with Gasteiger partial charge >= 0.3 is 11.9 Å². The van der Waals surface area contributed by atoms with Gasteiger partial charge in [-0.3, -0.25) is 9.59 Å². The van der Waals surface area contributed by atoms with Gasteiger partial charge in [0.25, 0.3) is 0 Å². The highest BCUT2D eigenvalue weighted by atomic mass is 16.7. The van der Waals surface area contributed by atoms with Gasteiger partial charge in [0.2, 0.25) is 0 Å². The summed E-state index contributed by atoms with van der Waals surface area (Å²) in [6.45, 7) is 4.52. The molecule has 9 nitrogen and oxygen atoms in total. The van der Waals surface area contributed by atoms with Crippen molar-refractivity contribution in [1.29, 1.82) is 0 Å². The Hall–Kier alpha value is -5.35. The number of nitrogens with zero attached hydrogens (tertiary/aromatic N) is 1. The maximum atomic E-state index is 13.0. The first-order valence-corrected chi connectivity index (χ1v) is 40.3. The van der Waals surface area contributed by atoms with Crippen molar-refractivity contribution >= 4 is 17.9 Å². The number of ether oxygens (including phenoxy) is 4. The smallest absolute Gasteiger partial charge is 0.306 e. The summed E-state index contributed by atoms with van der Waals surface area (Å²) in [7, 11) is 5.93. The van der Waals surface area contributed by atoms with Gasteiger partial charge in [-0.25, -0.2) is 0 Å². The van der Waals surface area contributed by atoms with Crippen LogP contribution in [0.25, 0.3) is 0 Å². The van der Waals surface area contributed by atoms with E-state index >= 15 is 0 Å². The van der Waals surface area contributed by atoms with Crippen LogP contribution in [-0.2, 0) is 33.3 Å². The normalized spacial score (nSPS) is 13.6. The molecule has 0 saturated carbocycles. The predicted octanol–water partition coefficient (Wildman–Crippen LogP) is 24.8. The monoisotopic (exact) mass is 1370 g/mol. The fourth-order valence-electron chi connectivity index (χ4n) is 10.9. The second-order valence-corrected chi connectivity index (χ2v) is 27.6. The summed E-state index contributed by atoms with van der Waals surface area (Å²) in [5.41, 5.74) is 0. The van der Waals surface area contributed by atoms with Crippen LogP contribution in [0, 0.1) is 0 Å². The third-order valence-electron chi connectivity index (χ3n) is 17.0. The van der Waals surface area contributed by atoms with Crippen LogP contribution in [0.3, 0.4) is 0 Å². The second kappa shape index (κ2) is 78.4. The van der Waals surface area contributed by atoms with Crippen molar-refractivity contribution in [3.63, 3.8) is 0 Å². The van der Waals surface area contributed by atoms with Gasteiger partial charge in [0.15, 0.2) is 12.4 Å². The lowest BCUT2D eigenvalue weighted by Crippen LogP contribution is -2.44. The maximum Gasteiger partial charge on any atom is 0.306 e. The lowest BCUT2D eigenvalue weighted by Gasteiger charge is -2.26. The van der Waals surface area contributed by atoms with Gasteiger partial charge in [-0.05, 0) is 128 Å². The number of carbonyl (C=O) groups excluding carboxylic acids is 3. The SMILES string of the molecule is CC/C=C\C/C=C\C/C=C\C/C=C\C/C=C\C/C=C\C/C=C\C/C=C\CCCCCCCCCCC(=O)OC(COC(=O)CCCCCCCCCCCCCCCCCCCCCCCC/C=C\C/C=C\C/C=C\C/C=C\C/C=C\C/C=C\CC)COC(OCC[N+](C)(C)C)C(=O)[O-]. The second-order valence-electron chi connectivity index (χ2n) is 27.6. The molecule has 0 bridgehead atoms. The molecule has 0 N–H and O–H groups in total. The number of hydrogen-bond donors (Lipinski definition) is 0. The molecule has 0 fully saturated rings. The standard InChI is InChI=1S/C90H149NO8/c1-6-8-10-12-14-16-18-20-22-24-26-28-30-32-34-36-38-40-41-42-43-44-45-46-47-49-50-52-54-56-58-60-62-64-66-68-70-72-74-76-78-80-87(92)97-84-86(85-98-90(89(94)95)96-83-82-91(3,4)5)99-88(93)81-79-77-75-73-71-69-67-65-63-61-59-57-55-53-51-48-39-37-35-33-31-29-27-25-23-21-19-17-15-13-11-9-7-2/h8-11,14-17,20-23,26-29,32-35,38-40,48,53,55,59,61,86,90H,6-7,12-13,18-19,24-25,30-31,36-37,41-47,49-52,54,56-58,60,62-85H2,1-5H3/b10-8-,11-9-,16-14-,17-15-,22-20-,23-21-,28-26-,29-27-,34-32-,35-33-,40-38-,48-39-,55-53-,61-59-. The fraction of sp³-hybridized carbons (Fsp3) is 0.656. The van der Waals surface area contributed by atoms with Gasteiger partial charge in [-0.15, -0.1) is 0 Å². The summed E-state index contributed by atoms with van der Waals surface area (Å²) in [6.07, 6.45) is 115. The number of aliphatic carboxylic acids is 1. The van der Waals surface area contributed by atoms with Gasteiger partial charge in [-0.1, -0.05) is 351 Å². The van der Waals surface area contributed by atoms with Crippen LogP contribution < -0.4 is 5.11 Å². The van der Waals surface area contributed by atoms with Crippen LogP contribution in [0.5, 0.6) is 0 Å². The van der Waals surface area contributed by atoms with E-state index in [4.69, 9.17) is 18.9 Å². The zero-order chi connectivity index (χ0) is 71.8. The lowest BCUT2D eigenvalue weighted by molar-refractivity contribution is -0.870. The zero-order valence-electron chi connectivity index (χ0n) is 64.3. The molecule has 562 valence electrons. The van der Waals surface area contributed by atoms with Crippen molar-refractivity contribution in [2.75, 3.05) is 47.5 Å². The molecule has 9 heteroatoms. The van der Waals surface area contributed by atoms with Crippen molar-refractivity contribution in [2.45, 2.75) is 334 Å². The van der Waals surface area contributed by atoms with Crippen molar-refractivity contribution < 1.29 is 42.9 Å². The maximum absolute atomic E-state index is 13.0. The number of likely N-dealkylation sites (N-methyl/N-ethyl adjacent to an activating group) is 1. The van der Waals surface area contributed by atoms with Crippen LogP contribution in [0.15, 0.2) is 170 Å². The van der Waals surface area contributed by atoms with Crippen LogP contribution >= 0.6 is 0 Å². The molecule has 0 aromatic carbocycles. The van der Waals surface area contributed by atoms with Gasteiger partial charge < -0.3 is 33.3 Å². The van der Waals surface area contributed by atoms with E-state index in [0.29, 0.717) is 17.4 Å². The largest absolute Gasteiger partial charge is 0.545 e. The Morgan fingerprint density at radius 1 is 0.303 bits per heavy atom. The fourth-order valence-corrected chi connectivity index (χ4v) is 10.9. The van der Waals surface area contributed by atoms with E-state index in [2.05, 4.69) is 184 Å². The number of unbranched alkanes of at least 4 members (excludes halogenated alkanes) is 30. The average molecular weight is 1370 g/mol. The molecular weight excluding hydrogens is 1220 g/mol. The molecule has 2 atom stereocenters. The first-order chi connectivity index (χ1) is 48.6. The molecule has 0 radical (unpaired) electrons. The quantitative estimate of drug-likeness (QED) is 0.0195. The van der Waals surface area contributed by atoms with Crippen molar-refractivity contribution in [3.05, 3.63) is 170 Å². The molecule has 0 aromatic heterocycles. The number of carboxylic acid groups (broad SMARTS) is 1. The average Bonchev–Trinajstić information content (AvgIpc) is 1.57. The number of allylic oxidation sites excluding steroid dienone is 28. The molecular formula is C90H149NO8. The van der Waals surface area contributed by atoms with Gasteiger partial charge in [-0.2, -0.15) is 0 Å².